The molecule has 2 aromatic rings. The molecule has 144 valence electrons. The van der Waals surface area contributed by atoms with Crippen LogP contribution in [0.3, 0.4) is 0 Å². The van der Waals surface area contributed by atoms with Crippen LogP contribution in [0.25, 0.3) is 11.5 Å². The molecule has 3 rings (SSSR count). The number of nitrogens with one attached hydrogen (secondary N) is 2. The number of nitrogens with zero attached hydrogens (tertiary/aromatic N) is 3. The minimum atomic E-state index is -0.513. The van der Waals surface area contributed by atoms with Crippen molar-refractivity contribution in [2.24, 2.45) is 0 Å². The lowest BCUT2D eigenvalue weighted by Gasteiger charge is -2.28. The number of alkyl carbamates (subject to hydrolysis) is 1. The monoisotopic (exact) mass is 371 g/mol. The number of aromatic nitrogens is 3. The van der Waals surface area contributed by atoms with E-state index in [0.29, 0.717) is 37.6 Å². The summed E-state index contributed by atoms with van der Waals surface area (Å²) in [6.45, 7) is 7.93. The van der Waals surface area contributed by atoms with Gasteiger partial charge in [0.2, 0.25) is 0 Å². The van der Waals surface area contributed by atoms with Crippen LogP contribution in [0.4, 0.5) is 4.79 Å². The van der Waals surface area contributed by atoms with Crippen LogP contribution < -0.4 is 10.9 Å². The average Bonchev–Trinajstić information content (AvgIpc) is 2.60. The van der Waals surface area contributed by atoms with Crippen LogP contribution in [0.1, 0.15) is 32.0 Å². The van der Waals surface area contributed by atoms with E-state index in [1.807, 2.05) is 39.0 Å². The molecular formula is C19H25N5O3. The molecule has 1 aliphatic rings. The van der Waals surface area contributed by atoms with Crippen LogP contribution in [0, 0.1) is 0 Å². The van der Waals surface area contributed by atoms with Crippen molar-refractivity contribution in [2.45, 2.75) is 39.3 Å². The summed E-state index contributed by atoms with van der Waals surface area (Å²) in [5, 5.41) is 2.76. The Morgan fingerprint density at radius 2 is 2.19 bits per heavy atom. The summed E-state index contributed by atoms with van der Waals surface area (Å²) >= 11 is 0. The highest BCUT2D eigenvalue weighted by Crippen LogP contribution is 2.17. The van der Waals surface area contributed by atoms with Gasteiger partial charge in [0.05, 0.1) is 5.69 Å². The Balaban J connectivity index is 1.63. The second-order valence-electron chi connectivity index (χ2n) is 7.51. The Kier molecular flexibility index (Phi) is 5.55. The lowest BCUT2D eigenvalue weighted by atomic mass is 10.1. The van der Waals surface area contributed by atoms with E-state index in [2.05, 4.69) is 25.2 Å². The Labute approximate surface area is 158 Å². The Morgan fingerprint density at radius 3 is 2.89 bits per heavy atom. The third-order valence-electron chi connectivity index (χ3n) is 4.16. The molecule has 0 aliphatic carbocycles. The van der Waals surface area contributed by atoms with Gasteiger partial charge in [-0.3, -0.25) is 14.7 Å². The highest BCUT2D eigenvalue weighted by molar-refractivity contribution is 5.67. The van der Waals surface area contributed by atoms with Crippen LogP contribution in [0.2, 0.25) is 0 Å². The summed E-state index contributed by atoms with van der Waals surface area (Å²) in [6.07, 6.45) is 1.88. The molecule has 27 heavy (non-hydrogen) atoms. The first-order valence-electron chi connectivity index (χ1n) is 9.04. The van der Waals surface area contributed by atoms with Crippen molar-refractivity contribution >= 4 is 6.09 Å². The van der Waals surface area contributed by atoms with Crippen LogP contribution in [0.15, 0.2) is 29.2 Å². The van der Waals surface area contributed by atoms with Gasteiger partial charge in [-0.1, -0.05) is 6.07 Å². The highest BCUT2D eigenvalue weighted by Gasteiger charge is 2.22. The number of aromatic amines is 1. The standard InChI is InChI=1S/C19H25N5O3/c1-19(2,3)27-18(26)21-9-11-24-10-7-13-15(12-24)22-16(23-17(13)25)14-6-4-5-8-20-14/h4-6,8H,7,9-12H2,1-3H3,(H,21,26)(H,22,23,25). The van der Waals surface area contributed by atoms with Crippen molar-refractivity contribution in [3.63, 3.8) is 0 Å². The molecule has 0 unspecified atom stereocenters. The fraction of sp³-hybridized carbons (Fsp3) is 0.474. The third-order valence-corrected chi connectivity index (χ3v) is 4.16. The first kappa shape index (κ1) is 19.0. The number of rotatable bonds is 4. The van der Waals surface area contributed by atoms with Crippen LogP contribution in [-0.4, -0.2) is 51.2 Å². The Hall–Kier alpha value is -2.74. The number of carbonyl (C=O) groups is 1. The van der Waals surface area contributed by atoms with Crippen molar-refractivity contribution < 1.29 is 9.53 Å². The van der Waals surface area contributed by atoms with E-state index in [4.69, 9.17) is 4.74 Å². The van der Waals surface area contributed by atoms with Gasteiger partial charge in [0.15, 0.2) is 5.82 Å². The van der Waals surface area contributed by atoms with E-state index in [1.54, 1.807) is 6.20 Å². The number of pyridine rings is 1. The zero-order chi connectivity index (χ0) is 19.4. The van der Waals surface area contributed by atoms with Gasteiger partial charge in [0, 0.05) is 37.9 Å². The van der Waals surface area contributed by atoms with Gasteiger partial charge in [-0.2, -0.15) is 0 Å². The summed E-state index contributed by atoms with van der Waals surface area (Å²) in [4.78, 5) is 38.0. The van der Waals surface area contributed by atoms with E-state index in [-0.39, 0.29) is 5.56 Å². The number of ether oxygens (including phenoxy) is 1. The Bertz CT molecular complexity index is 858. The molecule has 0 saturated carbocycles. The van der Waals surface area contributed by atoms with Crippen LogP contribution in [0.5, 0.6) is 0 Å². The van der Waals surface area contributed by atoms with E-state index < -0.39 is 11.7 Å². The van der Waals surface area contributed by atoms with E-state index in [1.165, 1.54) is 0 Å². The number of fused-ring (bicyclic) bond motifs is 1. The summed E-state index contributed by atoms with van der Waals surface area (Å²) < 4.78 is 5.23. The number of hydrogen-bond acceptors (Lipinski definition) is 6. The molecule has 0 bridgehead atoms. The zero-order valence-corrected chi connectivity index (χ0v) is 15.9. The summed E-state index contributed by atoms with van der Waals surface area (Å²) in [5.74, 6) is 0.480. The largest absolute Gasteiger partial charge is 0.444 e. The van der Waals surface area contributed by atoms with Crippen LogP contribution in [-0.2, 0) is 17.7 Å². The molecule has 0 radical (unpaired) electrons. The molecule has 2 N–H and O–H groups in total. The van der Waals surface area contributed by atoms with Gasteiger partial charge >= 0.3 is 6.09 Å². The van der Waals surface area contributed by atoms with Gasteiger partial charge in [0.1, 0.15) is 11.3 Å². The number of amides is 1. The van der Waals surface area contributed by atoms with Gasteiger partial charge in [-0.25, -0.2) is 9.78 Å². The molecule has 0 fully saturated rings. The molecular weight excluding hydrogens is 346 g/mol. The summed E-state index contributed by atoms with van der Waals surface area (Å²) in [7, 11) is 0. The molecule has 8 heteroatoms. The summed E-state index contributed by atoms with van der Waals surface area (Å²) in [5.41, 5.74) is 1.52. The SMILES string of the molecule is CC(C)(C)OC(=O)NCCN1CCc2c(nc(-c3ccccn3)[nH]c2=O)C1. The van der Waals surface area contributed by atoms with Crippen molar-refractivity contribution in [1.82, 2.24) is 25.2 Å². The van der Waals surface area contributed by atoms with Crippen molar-refractivity contribution in [1.29, 1.82) is 0 Å². The molecule has 0 aromatic carbocycles. The minimum absolute atomic E-state index is 0.104. The van der Waals surface area contributed by atoms with Gasteiger partial charge < -0.3 is 15.0 Å². The van der Waals surface area contributed by atoms with E-state index >= 15 is 0 Å². The normalized spacial score (nSPS) is 14.5. The maximum absolute atomic E-state index is 12.4. The van der Waals surface area contributed by atoms with Crippen molar-refractivity contribution in [3.05, 3.63) is 46.0 Å². The molecule has 2 aromatic heterocycles. The molecule has 1 amide bonds. The maximum atomic E-state index is 12.4. The molecule has 0 atom stereocenters. The first-order valence-corrected chi connectivity index (χ1v) is 9.04. The summed E-state index contributed by atoms with van der Waals surface area (Å²) in [6, 6.07) is 5.49. The third kappa shape index (κ3) is 5.13. The lowest BCUT2D eigenvalue weighted by Crippen LogP contribution is -2.41. The molecule has 8 nitrogen and oxygen atoms in total. The van der Waals surface area contributed by atoms with E-state index in [9.17, 15) is 9.59 Å². The fourth-order valence-corrected chi connectivity index (χ4v) is 2.94. The van der Waals surface area contributed by atoms with E-state index in [0.717, 1.165) is 17.8 Å². The van der Waals surface area contributed by atoms with Crippen molar-refractivity contribution in [3.8, 4) is 11.5 Å². The molecule has 0 saturated heterocycles. The minimum Gasteiger partial charge on any atom is -0.444 e. The molecule has 1 aliphatic heterocycles. The van der Waals surface area contributed by atoms with Crippen molar-refractivity contribution in [2.75, 3.05) is 19.6 Å². The first-order chi connectivity index (χ1) is 12.8. The lowest BCUT2D eigenvalue weighted by molar-refractivity contribution is 0.0521. The molecule has 0 spiro atoms. The quantitative estimate of drug-likeness (QED) is 0.849. The average molecular weight is 371 g/mol. The smallest absolute Gasteiger partial charge is 0.407 e. The number of hydrogen-bond donors (Lipinski definition) is 2. The second-order valence-corrected chi connectivity index (χ2v) is 7.51. The predicted octanol–water partition coefficient (Wildman–Crippen LogP) is 1.71. The van der Waals surface area contributed by atoms with Gasteiger partial charge in [0.25, 0.3) is 5.56 Å². The fourth-order valence-electron chi connectivity index (χ4n) is 2.94. The van der Waals surface area contributed by atoms with Gasteiger partial charge in [-0.05, 0) is 39.3 Å². The van der Waals surface area contributed by atoms with Gasteiger partial charge in [-0.15, -0.1) is 0 Å². The number of H-pyrrole nitrogens is 1. The number of carbonyl (C=O) groups excluding carboxylic acids is 1. The highest BCUT2D eigenvalue weighted by atomic mass is 16.6. The molecule has 3 heterocycles. The predicted molar refractivity (Wildman–Crippen MR) is 101 cm³/mol. The maximum Gasteiger partial charge on any atom is 0.407 e. The topological polar surface area (TPSA) is 100 Å². The van der Waals surface area contributed by atoms with Crippen LogP contribution >= 0.6 is 0 Å². The zero-order valence-electron chi connectivity index (χ0n) is 15.9. The Morgan fingerprint density at radius 1 is 1.37 bits per heavy atom. The second kappa shape index (κ2) is 7.87.